The zero-order valence-electron chi connectivity index (χ0n) is 18.8. The van der Waals surface area contributed by atoms with Crippen molar-refractivity contribution in [3.8, 4) is 0 Å². The van der Waals surface area contributed by atoms with Gasteiger partial charge in [-0.1, -0.05) is 32.4 Å². The van der Waals surface area contributed by atoms with Gasteiger partial charge in [0.05, 0.1) is 11.3 Å². The van der Waals surface area contributed by atoms with Crippen molar-refractivity contribution in [1.29, 1.82) is 0 Å². The third-order valence-corrected chi connectivity index (χ3v) is 5.37. The fourth-order valence-corrected chi connectivity index (χ4v) is 3.55. The molecule has 0 aliphatic rings. The smallest absolute Gasteiger partial charge is 0.253 e. The molecule has 6 nitrogen and oxygen atoms in total. The van der Waals surface area contributed by atoms with E-state index in [9.17, 15) is 4.79 Å². The quantitative estimate of drug-likeness (QED) is 0.579. The molecule has 0 fully saturated rings. The van der Waals surface area contributed by atoms with Crippen molar-refractivity contribution < 1.29 is 4.79 Å². The van der Waals surface area contributed by atoms with E-state index in [1.807, 2.05) is 44.6 Å². The van der Waals surface area contributed by atoms with Crippen LogP contribution in [0.25, 0.3) is 5.65 Å². The number of nitrogens with one attached hydrogen (secondary N) is 1. The molecule has 0 spiro atoms. The average Bonchev–Trinajstić information content (AvgIpc) is 3.14. The molecule has 6 heteroatoms. The number of carbonyl (C=O) groups is 1. The molecule has 0 radical (unpaired) electrons. The van der Waals surface area contributed by atoms with Gasteiger partial charge in [0.1, 0.15) is 11.5 Å². The minimum Gasteiger partial charge on any atom is -0.378 e. The number of anilines is 2. The number of hydrogen-bond acceptors (Lipinski definition) is 4. The number of rotatable bonds is 9. The Bertz CT molecular complexity index is 991. The van der Waals surface area contributed by atoms with Gasteiger partial charge in [0, 0.05) is 46.1 Å². The third-order valence-electron chi connectivity index (χ3n) is 5.37. The lowest BCUT2D eigenvalue weighted by atomic mass is 10.2. The van der Waals surface area contributed by atoms with Crippen molar-refractivity contribution in [2.45, 2.75) is 39.7 Å². The number of carbonyl (C=O) groups excluding carboxylic acids is 1. The highest BCUT2D eigenvalue weighted by atomic mass is 16.1. The normalized spacial score (nSPS) is 11.0. The number of hydrogen-bond donors (Lipinski definition) is 1. The van der Waals surface area contributed by atoms with Crippen molar-refractivity contribution in [3.63, 3.8) is 0 Å². The van der Waals surface area contributed by atoms with E-state index in [1.165, 1.54) is 0 Å². The van der Waals surface area contributed by atoms with Crippen LogP contribution in [-0.2, 0) is 13.0 Å². The zero-order chi connectivity index (χ0) is 21.7. The molecule has 1 aromatic carbocycles. The van der Waals surface area contributed by atoms with Crippen LogP contribution in [0, 0.1) is 0 Å². The van der Waals surface area contributed by atoms with Gasteiger partial charge in [-0.2, -0.15) is 0 Å². The molecule has 0 aliphatic heterocycles. The molecule has 2 heterocycles. The Morgan fingerprint density at radius 3 is 2.43 bits per heavy atom. The maximum atomic E-state index is 12.8. The van der Waals surface area contributed by atoms with E-state index in [0.29, 0.717) is 12.1 Å². The summed E-state index contributed by atoms with van der Waals surface area (Å²) in [6.45, 7) is 5.78. The number of aromatic nitrogens is 2. The first kappa shape index (κ1) is 21.7. The largest absolute Gasteiger partial charge is 0.378 e. The predicted molar refractivity (Wildman–Crippen MR) is 125 cm³/mol. The number of benzene rings is 1. The molecule has 2 aromatic heterocycles. The highest BCUT2D eigenvalue weighted by molar-refractivity contribution is 5.94. The minimum absolute atomic E-state index is 0.0810. The van der Waals surface area contributed by atoms with Crippen LogP contribution in [-0.4, -0.2) is 43.0 Å². The van der Waals surface area contributed by atoms with Crippen molar-refractivity contribution >= 4 is 23.1 Å². The summed E-state index contributed by atoms with van der Waals surface area (Å²) in [6, 6.07) is 12.0. The monoisotopic (exact) mass is 407 g/mol. The number of unbranched alkanes of at least 4 members (excludes halogenated alkanes) is 1. The van der Waals surface area contributed by atoms with Gasteiger partial charge in [-0.25, -0.2) is 4.98 Å². The molecule has 0 atom stereocenters. The molecular weight excluding hydrogens is 374 g/mol. The Hall–Kier alpha value is -3.02. The number of pyridine rings is 1. The lowest BCUT2D eigenvalue weighted by molar-refractivity contribution is 0.0950. The maximum Gasteiger partial charge on any atom is 0.253 e. The standard InChI is InChI=1S/C24H33N5O/c1-6-8-15-28(5)24-21(7-2)26-22-14-11-19(17-29(22)24)23(30)25-16-18-9-12-20(13-10-18)27(3)4/h9-14,17H,6-8,15-16H2,1-5H3,(H,25,30). The van der Waals surface area contributed by atoms with E-state index in [1.54, 1.807) is 0 Å². The first-order chi connectivity index (χ1) is 14.4. The molecule has 0 bridgehead atoms. The molecule has 3 rings (SSSR count). The van der Waals surface area contributed by atoms with E-state index in [4.69, 9.17) is 4.98 Å². The van der Waals surface area contributed by atoms with Crippen LogP contribution in [0.3, 0.4) is 0 Å². The fourth-order valence-electron chi connectivity index (χ4n) is 3.55. The number of nitrogens with zero attached hydrogens (tertiary/aromatic N) is 4. The van der Waals surface area contributed by atoms with Crippen molar-refractivity contribution in [1.82, 2.24) is 14.7 Å². The number of imidazole rings is 1. The number of fused-ring (bicyclic) bond motifs is 1. The van der Waals surface area contributed by atoms with Crippen molar-refractivity contribution in [2.75, 3.05) is 37.5 Å². The Morgan fingerprint density at radius 1 is 1.07 bits per heavy atom. The van der Waals surface area contributed by atoms with Crippen LogP contribution in [0.4, 0.5) is 11.5 Å². The van der Waals surface area contributed by atoms with E-state index >= 15 is 0 Å². The van der Waals surface area contributed by atoms with Crippen LogP contribution in [0.15, 0.2) is 42.6 Å². The maximum absolute atomic E-state index is 12.8. The van der Waals surface area contributed by atoms with Gasteiger partial charge in [-0.15, -0.1) is 0 Å². The second-order valence-electron chi connectivity index (χ2n) is 7.90. The van der Waals surface area contributed by atoms with Gasteiger partial charge in [0.2, 0.25) is 0 Å². The van der Waals surface area contributed by atoms with Crippen LogP contribution >= 0.6 is 0 Å². The molecule has 0 unspecified atom stereocenters. The highest BCUT2D eigenvalue weighted by Gasteiger charge is 2.16. The second kappa shape index (κ2) is 9.65. The molecule has 160 valence electrons. The van der Waals surface area contributed by atoms with E-state index in [0.717, 1.165) is 54.2 Å². The third kappa shape index (κ3) is 4.75. The number of amides is 1. The topological polar surface area (TPSA) is 52.9 Å². The lowest BCUT2D eigenvalue weighted by Crippen LogP contribution is -2.24. The molecule has 0 aliphatic carbocycles. The Labute approximate surface area is 179 Å². The lowest BCUT2D eigenvalue weighted by Gasteiger charge is -2.20. The summed E-state index contributed by atoms with van der Waals surface area (Å²) >= 11 is 0. The van der Waals surface area contributed by atoms with Gasteiger partial charge < -0.3 is 15.1 Å². The first-order valence-electron chi connectivity index (χ1n) is 10.7. The molecule has 1 amide bonds. The fraction of sp³-hybridized carbons (Fsp3) is 0.417. The predicted octanol–water partition coefficient (Wildman–Crippen LogP) is 4.13. The van der Waals surface area contributed by atoms with Gasteiger partial charge in [0.25, 0.3) is 5.91 Å². The second-order valence-corrected chi connectivity index (χ2v) is 7.90. The summed E-state index contributed by atoms with van der Waals surface area (Å²) in [6.07, 6.45) is 5.03. The van der Waals surface area contributed by atoms with Gasteiger partial charge >= 0.3 is 0 Å². The molecule has 0 saturated carbocycles. The van der Waals surface area contributed by atoms with Gasteiger partial charge in [-0.05, 0) is 42.7 Å². The van der Waals surface area contributed by atoms with Crippen molar-refractivity contribution in [2.24, 2.45) is 0 Å². The van der Waals surface area contributed by atoms with Crippen LogP contribution in [0.5, 0.6) is 0 Å². The highest BCUT2D eigenvalue weighted by Crippen LogP contribution is 2.23. The molecule has 0 saturated heterocycles. The Kier molecular flexibility index (Phi) is 6.98. The van der Waals surface area contributed by atoms with Gasteiger partial charge in [0.15, 0.2) is 0 Å². The Morgan fingerprint density at radius 2 is 1.80 bits per heavy atom. The Balaban J connectivity index is 1.78. The van der Waals surface area contributed by atoms with Crippen LogP contribution in [0.1, 0.15) is 48.3 Å². The van der Waals surface area contributed by atoms with Crippen LogP contribution < -0.4 is 15.1 Å². The van der Waals surface area contributed by atoms with E-state index in [2.05, 4.69) is 52.5 Å². The van der Waals surface area contributed by atoms with Crippen LogP contribution in [0.2, 0.25) is 0 Å². The summed E-state index contributed by atoms with van der Waals surface area (Å²) < 4.78 is 2.05. The summed E-state index contributed by atoms with van der Waals surface area (Å²) in [5.41, 5.74) is 4.79. The first-order valence-corrected chi connectivity index (χ1v) is 10.7. The number of aryl methyl sites for hydroxylation is 1. The van der Waals surface area contributed by atoms with Crippen molar-refractivity contribution in [3.05, 3.63) is 59.4 Å². The van der Waals surface area contributed by atoms with E-state index in [-0.39, 0.29) is 5.91 Å². The van der Waals surface area contributed by atoms with Gasteiger partial charge in [-0.3, -0.25) is 9.20 Å². The summed E-state index contributed by atoms with van der Waals surface area (Å²) in [7, 11) is 6.13. The summed E-state index contributed by atoms with van der Waals surface area (Å²) in [5.74, 6) is 0.998. The summed E-state index contributed by atoms with van der Waals surface area (Å²) in [5, 5.41) is 3.03. The molecule has 3 aromatic rings. The minimum atomic E-state index is -0.0810. The molecule has 1 N–H and O–H groups in total. The summed E-state index contributed by atoms with van der Waals surface area (Å²) in [4.78, 5) is 21.9. The van der Waals surface area contributed by atoms with E-state index < -0.39 is 0 Å². The molecular formula is C24H33N5O. The SMILES string of the molecule is CCCCN(C)c1c(CC)nc2ccc(C(=O)NCc3ccc(N(C)C)cc3)cn12. The zero-order valence-corrected chi connectivity index (χ0v) is 18.8. The molecule has 30 heavy (non-hydrogen) atoms. The average molecular weight is 408 g/mol.